The van der Waals surface area contributed by atoms with E-state index in [1.165, 1.54) is 11.0 Å². The summed E-state index contributed by atoms with van der Waals surface area (Å²) in [5, 5.41) is 0.906. The van der Waals surface area contributed by atoms with E-state index in [1.807, 2.05) is 30.3 Å². The molecule has 0 spiro atoms. The van der Waals surface area contributed by atoms with Gasteiger partial charge < -0.3 is 4.74 Å². The van der Waals surface area contributed by atoms with E-state index in [0.717, 1.165) is 17.5 Å². The molecule has 0 aliphatic carbocycles. The highest BCUT2D eigenvalue weighted by Crippen LogP contribution is 2.33. The number of amides is 1. The lowest BCUT2D eigenvalue weighted by molar-refractivity contribution is -0.137. The summed E-state index contributed by atoms with van der Waals surface area (Å²) in [5.41, 5.74) is 0.446. The number of aromatic nitrogens is 1. The molecule has 0 radical (unpaired) electrons. The van der Waals surface area contributed by atoms with Crippen LogP contribution in [0.25, 0.3) is 16.5 Å². The molecular weight excluding hydrogens is 443 g/mol. The van der Waals surface area contributed by atoms with E-state index in [0.29, 0.717) is 41.3 Å². The fraction of sp³-hybridized carbons (Fsp3) is 0.269. The van der Waals surface area contributed by atoms with Gasteiger partial charge in [-0.3, -0.25) is 9.89 Å². The summed E-state index contributed by atoms with van der Waals surface area (Å²) in [7, 11) is 0. The Hall–Kier alpha value is -3.68. The van der Waals surface area contributed by atoms with Crippen LogP contribution in [0.3, 0.4) is 0 Å². The SMILES string of the molecule is CC(C)(C)OC(=O)N1CCN=C1/C=C(/c1cccc(C(F)(F)F)c1)c1ccc2ccccc2n1. The Morgan fingerprint density at radius 2 is 1.79 bits per heavy atom. The Morgan fingerprint density at radius 3 is 2.53 bits per heavy atom. The molecule has 2 aromatic carbocycles. The lowest BCUT2D eigenvalue weighted by Crippen LogP contribution is -2.38. The number of nitrogens with zero attached hydrogens (tertiary/aromatic N) is 3. The quantitative estimate of drug-likeness (QED) is 0.452. The van der Waals surface area contributed by atoms with Crippen molar-refractivity contribution in [2.75, 3.05) is 13.1 Å². The van der Waals surface area contributed by atoms with Crippen LogP contribution in [-0.2, 0) is 10.9 Å². The summed E-state index contributed by atoms with van der Waals surface area (Å²) in [5.74, 6) is 0.316. The summed E-state index contributed by atoms with van der Waals surface area (Å²) in [6.07, 6.45) is -3.45. The van der Waals surface area contributed by atoms with Crippen LogP contribution < -0.4 is 0 Å². The summed E-state index contributed by atoms with van der Waals surface area (Å²) >= 11 is 0. The summed E-state index contributed by atoms with van der Waals surface area (Å²) < 4.78 is 45.8. The zero-order chi connectivity index (χ0) is 24.5. The van der Waals surface area contributed by atoms with Gasteiger partial charge in [0.2, 0.25) is 0 Å². The molecule has 5 nitrogen and oxygen atoms in total. The Morgan fingerprint density at radius 1 is 1.03 bits per heavy atom. The standard InChI is InChI=1S/C26H24F3N3O2/c1-25(2,3)34-24(33)32-14-13-30-23(32)16-20(18-8-6-9-19(15-18)26(27,28)29)22-12-11-17-7-4-5-10-21(17)31-22/h4-12,15-16H,13-14H2,1-3H3/b20-16-. The van der Waals surface area contributed by atoms with Gasteiger partial charge in [0.05, 0.1) is 29.9 Å². The number of pyridine rings is 1. The fourth-order valence-electron chi connectivity index (χ4n) is 3.60. The zero-order valence-electron chi connectivity index (χ0n) is 19.1. The highest BCUT2D eigenvalue weighted by molar-refractivity contribution is 6.09. The molecule has 176 valence electrons. The number of halogens is 3. The van der Waals surface area contributed by atoms with Crippen molar-refractivity contribution in [3.05, 3.63) is 83.6 Å². The number of carbonyl (C=O) groups excluding carboxylic acids is 1. The van der Waals surface area contributed by atoms with Gasteiger partial charge in [-0.15, -0.1) is 0 Å². The second kappa shape index (κ2) is 8.93. The minimum absolute atomic E-state index is 0.316. The van der Waals surface area contributed by atoms with E-state index in [-0.39, 0.29) is 0 Å². The molecule has 4 rings (SSSR count). The lowest BCUT2D eigenvalue weighted by atomic mass is 9.98. The first-order valence-electron chi connectivity index (χ1n) is 10.8. The number of rotatable bonds is 3. The molecule has 1 amide bonds. The van der Waals surface area contributed by atoms with Crippen molar-refractivity contribution in [3.8, 4) is 0 Å². The summed E-state index contributed by atoms with van der Waals surface area (Å²) in [6.45, 7) is 5.98. The van der Waals surface area contributed by atoms with Crippen LogP contribution in [0.1, 0.15) is 37.6 Å². The van der Waals surface area contributed by atoms with Gasteiger partial charge in [-0.25, -0.2) is 9.78 Å². The Bertz CT molecular complexity index is 1290. The molecule has 1 aliphatic rings. The lowest BCUT2D eigenvalue weighted by Gasteiger charge is -2.24. The predicted octanol–water partition coefficient (Wildman–Crippen LogP) is 6.33. The molecule has 1 aliphatic heterocycles. The number of benzene rings is 2. The molecule has 0 atom stereocenters. The first kappa shape index (κ1) is 23.5. The van der Waals surface area contributed by atoms with Crippen molar-refractivity contribution in [2.45, 2.75) is 32.5 Å². The fourth-order valence-corrected chi connectivity index (χ4v) is 3.60. The number of hydrogen-bond donors (Lipinski definition) is 0. The summed E-state index contributed by atoms with van der Waals surface area (Å²) in [4.78, 5) is 23.2. The number of fused-ring (bicyclic) bond motifs is 1. The van der Waals surface area contributed by atoms with Crippen LogP contribution in [0, 0.1) is 0 Å². The maximum Gasteiger partial charge on any atom is 0.416 e. The van der Waals surface area contributed by atoms with Crippen molar-refractivity contribution in [1.29, 1.82) is 0 Å². The van der Waals surface area contributed by atoms with Crippen molar-refractivity contribution < 1.29 is 22.7 Å². The van der Waals surface area contributed by atoms with E-state index >= 15 is 0 Å². The third-order valence-electron chi connectivity index (χ3n) is 5.14. The molecule has 8 heteroatoms. The predicted molar refractivity (Wildman–Crippen MR) is 126 cm³/mol. The molecule has 3 aromatic rings. The van der Waals surface area contributed by atoms with Gasteiger partial charge in [0.1, 0.15) is 11.4 Å². The highest BCUT2D eigenvalue weighted by atomic mass is 19.4. The molecule has 1 aromatic heterocycles. The van der Waals surface area contributed by atoms with Crippen LogP contribution >= 0.6 is 0 Å². The first-order chi connectivity index (χ1) is 16.0. The minimum Gasteiger partial charge on any atom is -0.443 e. The molecule has 0 saturated heterocycles. The second-order valence-electron chi connectivity index (χ2n) is 8.90. The van der Waals surface area contributed by atoms with Gasteiger partial charge in [-0.05, 0) is 56.7 Å². The molecule has 0 fully saturated rings. The number of amidine groups is 1. The Labute approximate surface area is 195 Å². The molecule has 2 heterocycles. The number of hydrogen-bond acceptors (Lipinski definition) is 4. The van der Waals surface area contributed by atoms with Gasteiger partial charge in [-0.2, -0.15) is 13.2 Å². The van der Waals surface area contributed by atoms with Gasteiger partial charge in [0, 0.05) is 11.0 Å². The first-order valence-corrected chi connectivity index (χ1v) is 10.8. The van der Waals surface area contributed by atoms with E-state index in [2.05, 4.69) is 9.98 Å². The van der Waals surface area contributed by atoms with Gasteiger partial charge in [-0.1, -0.05) is 36.4 Å². The minimum atomic E-state index is -4.49. The largest absolute Gasteiger partial charge is 0.443 e. The zero-order valence-corrected chi connectivity index (χ0v) is 19.1. The number of aliphatic imine (C=N–C) groups is 1. The molecule has 34 heavy (non-hydrogen) atoms. The number of alkyl halides is 3. The van der Waals surface area contributed by atoms with E-state index in [1.54, 1.807) is 39.0 Å². The highest BCUT2D eigenvalue weighted by Gasteiger charge is 2.31. The molecule has 0 unspecified atom stereocenters. The molecular formula is C26H24F3N3O2. The number of carbonyl (C=O) groups is 1. The van der Waals surface area contributed by atoms with Crippen molar-refractivity contribution in [1.82, 2.24) is 9.88 Å². The maximum atomic E-state index is 13.4. The van der Waals surface area contributed by atoms with Gasteiger partial charge in [0.25, 0.3) is 0 Å². The number of para-hydroxylation sites is 1. The average Bonchev–Trinajstić information content (AvgIpc) is 3.24. The maximum absolute atomic E-state index is 13.4. The van der Waals surface area contributed by atoms with Crippen LogP contribution in [0.5, 0.6) is 0 Å². The van der Waals surface area contributed by atoms with Crippen molar-refractivity contribution in [3.63, 3.8) is 0 Å². The van der Waals surface area contributed by atoms with Crippen LogP contribution in [0.15, 0.2) is 71.7 Å². The normalized spacial score (nSPS) is 14.9. The topological polar surface area (TPSA) is 54.8 Å². The van der Waals surface area contributed by atoms with Crippen LogP contribution in [0.4, 0.5) is 18.0 Å². The average molecular weight is 467 g/mol. The molecule has 0 saturated carbocycles. The van der Waals surface area contributed by atoms with Crippen LogP contribution in [0.2, 0.25) is 0 Å². The second-order valence-corrected chi connectivity index (χ2v) is 8.90. The van der Waals surface area contributed by atoms with Crippen LogP contribution in [-0.4, -0.2) is 40.5 Å². The van der Waals surface area contributed by atoms with Gasteiger partial charge in [0.15, 0.2) is 0 Å². The smallest absolute Gasteiger partial charge is 0.416 e. The van der Waals surface area contributed by atoms with Crippen molar-refractivity contribution >= 4 is 28.4 Å². The third-order valence-corrected chi connectivity index (χ3v) is 5.14. The Balaban J connectivity index is 1.82. The van der Waals surface area contributed by atoms with E-state index in [9.17, 15) is 18.0 Å². The monoisotopic (exact) mass is 467 g/mol. The molecule has 0 N–H and O–H groups in total. The van der Waals surface area contributed by atoms with E-state index in [4.69, 9.17) is 4.74 Å². The Kier molecular flexibility index (Phi) is 6.17. The molecule has 0 bridgehead atoms. The van der Waals surface area contributed by atoms with E-state index < -0.39 is 23.4 Å². The van der Waals surface area contributed by atoms with Gasteiger partial charge >= 0.3 is 12.3 Å². The summed E-state index contributed by atoms with van der Waals surface area (Å²) in [6, 6.07) is 16.1. The third kappa shape index (κ3) is 5.27. The van der Waals surface area contributed by atoms with Crippen molar-refractivity contribution in [2.24, 2.45) is 4.99 Å². The number of ether oxygens (including phenoxy) is 1.